The molecule has 0 atom stereocenters. The summed E-state index contributed by atoms with van der Waals surface area (Å²) >= 11 is 0. The van der Waals surface area contributed by atoms with E-state index in [-0.39, 0.29) is 23.7 Å². The number of carbonyl (C=O) groups is 1. The minimum atomic E-state index is -0.285. The van der Waals surface area contributed by atoms with E-state index in [2.05, 4.69) is 20.3 Å². The molecular weight excluding hydrogens is 424 g/mol. The Morgan fingerprint density at radius 3 is 2.61 bits per heavy atom. The fraction of sp³-hybridized carbons (Fsp3) is 0.435. The average molecular weight is 455 g/mol. The monoisotopic (exact) mass is 454 g/mol. The number of amides is 1. The number of fused-ring (bicyclic) bond motifs is 1. The number of carbonyl (C=O) groups excluding carboxylic acids is 1. The molecule has 0 spiro atoms. The van der Waals surface area contributed by atoms with Crippen LogP contribution < -0.4 is 15.6 Å². The highest BCUT2D eigenvalue weighted by atomic mass is 16.5. The lowest BCUT2D eigenvalue weighted by atomic mass is 10.1. The smallest absolute Gasteiger partial charge is 0.293 e. The second-order valence-corrected chi connectivity index (χ2v) is 7.65. The summed E-state index contributed by atoms with van der Waals surface area (Å²) in [6.45, 7) is 3.70. The molecule has 0 aliphatic carbocycles. The van der Waals surface area contributed by atoms with Gasteiger partial charge in [-0.3, -0.25) is 14.2 Å². The van der Waals surface area contributed by atoms with E-state index in [1.165, 1.54) is 4.90 Å². The van der Waals surface area contributed by atoms with E-state index in [9.17, 15) is 9.59 Å². The van der Waals surface area contributed by atoms with Gasteiger partial charge in [0.2, 0.25) is 11.8 Å². The maximum Gasteiger partial charge on any atom is 0.293 e. The largest absolute Gasteiger partial charge is 0.481 e. The third-order valence-electron chi connectivity index (χ3n) is 5.02. The first-order valence-electron chi connectivity index (χ1n) is 10.9. The molecule has 3 aromatic heterocycles. The van der Waals surface area contributed by atoms with E-state index in [1.54, 1.807) is 44.2 Å². The van der Waals surface area contributed by atoms with Crippen LogP contribution in [0.1, 0.15) is 19.8 Å². The number of methoxy groups -OCH3 is 1. The van der Waals surface area contributed by atoms with E-state index >= 15 is 0 Å². The Kier molecular flexibility index (Phi) is 8.31. The van der Waals surface area contributed by atoms with Crippen LogP contribution in [0.25, 0.3) is 22.3 Å². The van der Waals surface area contributed by atoms with Crippen LogP contribution in [0, 0.1) is 0 Å². The van der Waals surface area contributed by atoms with Gasteiger partial charge in [0, 0.05) is 69.8 Å². The van der Waals surface area contributed by atoms with E-state index < -0.39 is 0 Å². The first-order valence-corrected chi connectivity index (χ1v) is 10.9. The first kappa shape index (κ1) is 24.1. The highest BCUT2D eigenvalue weighted by Crippen LogP contribution is 2.23. The number of ether oxygens (including phenoxy) is 2. The van der Waals surface area contributed by atoms with Crippen LogP contribution in [0.4, 0.5) is 5.82 Å². The van der Waals surface area contributed by atoms with Gasteiger partial charge in [-0.1, -0.05) is 6.92 Å². The van der Waals surface area contributed by atoms with Crippen LogP contribution in [-0.4, -0.2) is 71.3 Å². The van der Waals surface area contributed by atoms with Gasteiger partial charge in [-0.05, 0) is 18.6 Å². The predicted octanol–water partition coefficient (Wildman–Crippen LogP) is 2.18. The number of hydrogen-bond acceptors (Lipinski definition) is 8. The van der Waals surface area contributed by atoms with Crippen LogP contribution in [0.2, 0.25) is 0 Å². The van der Waals surface area contributed by atoms with Crippen molar-refractivity contribution in [3.8, 4) is 17.0 Å². The summed E-state index contributed by atoms with van der Waals surface area (Å²) in [4.78, 5) is 39.7. The number of hydrogen-bond donors (Lipinski definition) is 1. The standard InChI is InChI=1S/C23H30N6O4/c1-5-11-33-12-10-29-18-13-17(16-6-7-19(32-4)25-14-16)15-26-21(18)27-22(23(29)31)24-9-8-20(30)28(2)3/h6-7,13-15H,5,8-12H2,1-4H3,(H,24,26,27). The summed E-state index contributed by atoms with van der Waals surface area (Å²) in [6, 6.07) is 5.53. The van der Waals surface area contributed by atoms with Crippen molar-refractivity contribution in [1.82, 2.24) is 24.4 Å². The molecule has 3 rings (SSSR count). The SMILES string of the molecule is CCCOCCn1c(=O)c(NCCC(=O)N(C)C)nc2ncc(-c3ccc(OC)nc3)cc21. The van der Waals surface area contributed by atoms with Crippen molar-refractivity contribution >= 4 is 22.9 Å². The Morgan fingerprint density at radius 1 is 1.15 bits per heavy atom. The van der Waals surface area contributed by atoms with Crippen LogP contribution in [0.15, 0.2) is 35.4 Å². The molecule has 10 heteroatoms. The molecule has 1 N–H and O–H groups in total. The number of nitrogens with zero attached hydrogens (tertiary/aromatic N) is 5. The summed E-state index contributed by atoms with van der Waals surface area (Å²) in [5.41, 5.74) is 2.39. The quantitative estimate of drug-likeness (QED) is 0.439. The van der Waals surface area contributed by atoms with Gasteiger partial charge in [0.25, 0.3) is 5.56 Å². The molecule has 3 heterocycles. The Morgan fingerprint density at radius 2 is 1.94 bits per heavy atom. The summed E-state index contributed by atoms with van der Waals surface area (Å²) < 4.78 is 12.3. The lowest BCUT2D eigenvalue weighted by molar-refractivity contribution is -0.128. The minimum absolute atomic E-state index is 0.0348. The topological polar surface area (TPSA) is 111 Å². The van der Waals surface area contributed by atoms with Gasteiger partial charge < -0.3 is 19.7 Å². The van der Waals surface area contributed by atoms with Crippen molar-refractivity contribution in [1.29, 1.82) is 0 Å². The van der Waals surface area contributed by atoms with Crippen molar-refractivity contribution in [3.05, 3.63) is 40.9 Å². The molecule has 176 valence electrons. The second-order valence-electron chi connectivity index (χ2n) is 7.65. The molecule has 0 aliphatic heterocycles. The molecule has 0 aliphatic rings. The number of aromatic nitrogens is 4. The highest BCUT2D eigenvalue weighted by Gasteiger charge is 2.14. The minimum Gasteiger partial charge on any atom is -0.481 e. The first-order chi connectivity index (χ1) is 15.9. The molecule has 0 saturated heterocycles. The molecule has 0 saturated carbocycles. The summed E-state index contributed by atoms with van der Waals surface area (Å²) in [5, 5.41) is 3.00. The molecule has 0 aromatic carbocycles. The molecule has 0 radical (unpaired) electrons. The van der Waals surface area contributed by atoms with Crippen molar-refractivity contribution in [3.63, 3.8) is 0 Å². The van der Waals surface area contributed by atoms with E-state index in [4.69, 9.17) is 9.47 Å². The van der Waals surface area contributed by atoms with E-state index in [0.717, 1.165) is 17.5 Å². The normalized spacial score (nSPS) is 10.9. The molecule has 0 fully saturated rings. The van der Waals surface area contributed by atoms with Gasteiger partial charge in [0.05, 0.1) is 19.2 Å². The van der Waals surface area contributed by atoms with Crippen molar-refractivity contribution < 1.29 is 14.3 Å². The zero-order valence-corrected chi connectivity index (χ0v) is 19.5. The van der Waals surface area contributed by atoms with Gasteiger partial charge in [0.1, 0.15) is 0 Å². The molecule has 0 bridgehead atoms. The molecular formula is C23H30N6O4. The third kappa shape index (κ3) is 6.04. The van der Waals surface area contributed by atoms with Gasteiger partial charge in [-0.25, -0.2) is 15.0 Å². The van der Waals surface area contributed by atoms with Crippen molar-refractivity contribution in [2.45, 2.75) is 26.3 Å². The fourth-order valence-corrected chi connectivity index (χ4v) is 3.20. The summed E-state index contributed by atoms with van der Waals surface area (Å²) in [5.74, 6) is 0.644. The van der Waals surface area contributed by atoms with Gasteiger partial charge in [0.15, 0.2) is 11.5 Å². The van der Waals surface area contributed by atoms with E-state index in [0.29, 0.717) is 43.3 Å². The molecule has 3 aromatic rings. The zero-order chi connectivity index (χ0) is 23.8. The molecule has 1 amide bonds. The fourth-order valence-electron chi connectivity index (χ4n) is 3.20. The lowest BCUT2D eigenvalue weighted by Gasteiger charge is -2.14. The Labute approximate surface area is 192 Å². The second kappa shape index (κ2) is 11.4. The van der Waals surface area contributed by atoms with Crippen LogP contribution in [-0.2, 0) is 16.1 Å². The van der Waals surface area contributed by atoms with E-state index in [1.807, 2.05) is 19.1 Å². The molecule has 33 heavy (non-hydrogen) atoms. The maximum absolute atomic E-state index is 13.2. The van der Waals surface area contributed by atoms with Crippen LogP contribution in [0.3, 0.4) is 0 Å². The Bertz CT molecular complexity index is 1140. The Hall–Kier alpha value is -3.53. The van der Waals surface area contributed by atoms with Gasteiger partial charge in [-0.15, -0.1) is 0 Å². The third-order valence-corrected chi connectivity index (χ3v) is 5.02. The predicted molar refractivity (Wildman–Crippen MR) is 126 cm³/mol. The summed E-state index contributed by atoms with van der Waals surface area (Å²) in [7, 11) is 4.95. The number of nitrogens with one attached hydrogen (secondary N) is 1. The zero-order valence-electron chi connectivity index (χ0n) is 19.5. The highest BCUT2D eigenvalue weighted by molar-refractivity contribution is 5.79. The molecule has 0 unspecified atom stereocenters. The van der Waals surface area contributed by atoms with Crippen molar-refractivity contribution in [2.75, 3.05) is 46.3 Å². The number of pyridine rings is 2. The summed E-state index contributed by atoms with van der Waals surface area (Å²) in [6.07, 6.45) is 4.54. The average Bonchev–Trinajstić information content (AvgIpc) is 2.83. The van der Waals surface area contributed by atoms with Gasteiger partial charge in [-0.2, -0.15) is 0 Å². The van der Waals surface area contributed by atoms with Crippen LogP contribution >= 0.6 is 0 Å². The lowest BCUT2D eigenvalue weighted by Crippen LogP contribution is -2.29. The number of rotatable bonds is 11. The Balaban J connectivity index is 1.96. The van der Waals surface area contributed by atoms with Crippen molar-refractivity contribution in [2.24, 2.45) is 0 Å². The number of anilines is 1. The van der Waals surface area contributed by atoms with Gasteiger partial charge >= 0.3 is 0 Å². The molecule has 10 nitrogen and oxygen atoms in total. The maximum atomic E-state index is 13.2. The van der Waals surface area contributed by atoms with Crippen LogP contribution in [0.5, 0.6) is 5.88 Å².